The van der Waals surface area contributed by atoms with Crippen molar-refractivity contribution < 1.29 is 14.3 Å². The van der Waals surface area contributed by atoms with E-state index in [1.165, 1.54) is 12.7 Å². The van der Waals surface area contributed by atoms with Gasteiger partial charge in [-0.2, -0.15) is 0 Å². The molecule has 1 aromatic carbocycles. The molecule has 0 saturated heterocycles. The summed E-state index contributed by atoms with van der Waals surface area (Å²) in [5, 5.41) is 5.46. The molecule has 22 heavy (non-hydrogen) atoms. The third-order valence-electron chi connectivity index (χ3n) is 3.65. The monoisotopic (exact) mass is 306 g/mol. The number of alkyl carbamates (subject to hydrolysis) is 1. The number of benzene rings is 1. The summed E-state index contributed by atoms with van der Waals surface area (Å²) >= 11 is 0. The van der Waals surface area contributed by atoms with Crippen molar-refractivity contribution >= 4 is 12.0 Å². The van der Waals surface area contributed by atoms with Crippen LogP contribution >= 0.6 is 0 Å². The molecule has 2 atom stereocenters. The van der Waals surface area contributed by atoms with Gasteiger partial charge in [-0.3, -0.25) is 15.4 Å². The zero-order valence-electron chi connectivity index (χ0n) is 14.0. The van der Waals surface area contributed by atoms with Crippen LogP contribution in [0.25, 0.3) is 0 Å². The van der Waals surface area contributed by atoms with Gasteiger partial charge in [0, 0.05) is 6.04 Å². The Kier molecular flexibility index (Phi) is 7.05. The van der Waals surface area contributed by atoms with Gasteiger partial charge in [0.2, 0.25) is 5.91 Å². The van der Waals surface area contributed by atoms with Gasteiger partial charge in [-0.15, -0.1) is 0 Å². The molecule has 2 N–H and O–H groups in total. The summed E-state index contributed by atoms with van der Waals surface area (Å²) in [7, 11) is 1.23. The SMILES string of the molecule is CCc1ccc([C@@H](N[C@H](C)C(=O)NC(=O)OC)C(C)C)cc1. The highest BCUT2D eigenvalue weighted by atomic mass is 16.5. The van der Waals surface area contributed by atoms with Crippen LogP contribution < -0.4 is 10.6 Å². The van der Waals surface area contributed by atoms with Gasteiger partial charge in [-0.05, 0) is 30.4 Å². The van der Waals surface area contributed by atoms with Crippen LogP contribution in [0, 0.1) is 5.92 Å². The minimum absolute atomic E-state index is 0.0318. The Morgan fingerprint density at radius 2 is 1.73 bits per heavy atom. The Hall–Kier alpha value is -1.88. The molecular formula is C17H26N2O3. The molecule has 0 heterocycles. The normalized spacial score (nSPS) is 13.5. The topological polar surface area (TPSA) is 67.4 Å². The van der Waals surface area contributed by atoms with Crippen LogP contribution in [-0.2, 0) is 16.0 Å². The van der Waals surface area contributed by atoms with Crippen molar-refractivity contribution in [2.45, 2.75) is 46.2 Å². The lowest BCUT2D eigenvalue weighted by atomic mass is 9.94. The molecule has 0 aromatic heterocycles. The second-order valence-electron chi connectivity index (χ2n) is 5.69. The van der Waals surface area contributed by atoms with E-state index in [9.17, 15) is 9.59 Å². The molecule has 2 amide bonds. The van der Waals surface area contributed by atoms with Crippen LogP contribution in [-0.4, -0.2) is 25.2 Å². The molecule has 0 aliphatic heterocycles. The number of nitrogens with one attached hydrogen (secondary N) is 2. The first-order chi connectivity index (χ1) is 10.4. The fourth-order valence-corrected chi connectivity index (χ4v) is 2.24. The Morgan fingerprint density at radius 3 is 2.18 bits per heavy atom. The van der Waals surface area contributed by atoms with Gasteiger partial charge < -0.3 is 4.74 Å². The number of ether oxygens (including phenoxy) is 1. The van der Waals surface area contributed by atoms with E-state index in [1.807, 2.05) is 0 Å². The van der Waals surface area contributed by atoms with E-state index in [4.69, 9.17) is 0 Å². The Morgan fingerprint density at radius 1 is 1.14 bits per heavy atom. The van der Waals surface area contributed by atoms with Crippen LogP contribution in [0.3, 0.4) is 0 Å². The molecule has 5 nitrogen and oxygen atoms in total. The third-order valence-corrected chi connectivity index (χ3v) is 3.65. The van der Waals surface area contributed by atoms with Crippen molar-refractivity contribution in [3.05, 3.63) is 35.4 Å². The largest absolute Gasteiger partial charge is 0.453 e. The minimum Gasteiger partial charge on any atom is -0.453 e. The number of carbonyl (C=O) groups excluding carboxylic acids is 2. The standard InChI is InChI=1S/C17H26N2O3/c1-6-13-7-9-14(10-8-13)15(11(2)3)18-12(4)16(20)19-17(21)22-5/h7-12,15,18H,6H2,1-5H3,(H,19,20,21)/t12-,15+/m1/s1. The van der Waals surface area contributed by atoms with Crippen molar-refractivity contribution in [3.63, 3.8) is 0 Å². The molecule has 0 aliphatic rings. The molecule has 0 aliphatic carbocycles. The molecule has 0 saturated carbocycles. The van der Waals surface area contributed by atoms with Gasteiger partial charge in [0.15, 0.2) is 0 Å². The first-order valence-corrected chi connectivity index (χ1v) is 7.62. The average Bonchev–Trinajstić information content (AvgIpc) is 2.51. The number of amides is 2. The molecule has 0 radical (unpaired) electrons. The lowest BCUT2D eigenvalue weighted by Crippen LogP contribution is -2.46. The van der Waals surface area contributed by atoms with E-state index in [-0.39, 0.29) is 6.04 Å². The number of hydrogen-bond donors (Lipinski definition) is 2. The van der Waals surface area contributed by atoms with E-state index in [0.717, 1.165) is 12.0 Å². The highest BCUT2D eigenvalue weighted by molar-refractivity contribution is 5.94. The van der Waals surface area contributed by atoms with Crippen LogP contribution in [0.2, 0.25) is 0 Å². The Bertz CT molecular complexity index is 497. The second-order valence-corrected chi connectivity index (χ2v) is 5.69. The van der Waals surface area contributed by atoms with E-state index in [0.29, 0.717) is 5.92 Å². The highest BCUT2D eigenvalue weighted by Crippen LogP contribution is 2.22. The van der Waals surface area contributed by atoms with Crippen molar-refractivity contribution in [3.8, 4) is 0 Å². The summed E-state index contributed by atoms with van der Waals surface area (Å²) in [6, 6.07) is 7.90. The van der Waals surface area contributed by atoms with Gasteiger partial charge in [-0.1, -0.05) is 45.0 Å². The lowest BCUT2D eigenvalue weighted by Gasteiger charge is -2.26. The zero-order chi connectivity index (χ0) is 16.7. The fraction of sp³-hybridized carbons (Fsp3) is 0.529. The van der Waals surface area contributed by atoms with Gasteiger partial charge in [0.05, 0.1) is 13.2 Å². The van der Waals surface area contributed by atoms with E-state index < -0.39 is 18.0 Å². The number of carbonyl (C=O) groups is 2. The summed E-state index contributed by atoms with van der Waals surface area (Å²) in [6.07, 6.45) is 0.255. The summed E-state index contributed by atoms with van der Waals surface area (Å²) < 4.78 is 4.43. The lowest BCUT2D eigenvalue weighted by molar-refractivity contribution is -0.122. The van der Waals surface area contributed by atoms with Crippen LogP contribution in [0.15, 0.2) is 24.3 Å². The summed E-state index contributed by atoms with van der Waals surface area (Å²) in [5.74, 6) is -0.0940. The molecule has 0 bridgehead atoms. The molecule has 1 rings (SSSR count). The van der Waals surface area contributed by atoms with Crippen molar-refractivity contribution in [1.82, 2.24) is 10.6 Å². The molecule has 0 spiro atoms. The van der Waals surface area contributed by atoms with Gasteiger partial charge >= 0.3 is 6.09 Å². The van der Waals surface area contributed by atoms with Crippen LogP contribution in [0.4, 0.5) is 4.79 Å². The Balaban J connectivity index is 2.78. The maximum atomic E-state index is 11.9. The molecular weight excluding hydrogens is 280 g/mol. The third kappa shape index (κ3) is 5.15. The van der Waals surface area contributed by atoms with Gasteiger partial charge in [0.25, 0.3) is 0 Å². The smallest absolute Gasteiger partial charge is 0.413 e. The molecule has 0 unspecified atom stereocenters. The quantitative estimate of drug-likeness (QED) is 0.848. The first-order valence-electron chi connectivity index (χ1n) is 7.62. The van der Waals surface area contributed by atoms with Crippen LogP contribution in [0.1, 0.15) is 44.9 Å². The maximum Gasteiger partial charge on any atom is 0.413 e. The van der Waals surface area contributed by atoms with Crippen molar-refractivity contribution in [1.29, 1.82) is 0 Å². The molecule has 122 valence electrons. The number of methoxy groups -OCH3 is 1. The van der Waals surface area contributed by atoms with Crippen LogP contribution in [0.5, 0.6) is 0 Å². The summed E-state index contributed by atoms with van der Waals surface area (Å²) in [5.41, 5.74) is 2.41. The Labute approximate surface area is 132 Å². The van der Waals surface area contributed by atoms with Crippen molar-refractivity contribution in [2.24, 2.45) is 5.92 Å². The molecule has 0 fully saturated rings. The second kappa shape index (κ2) is 8.54. The molecule has 5 heteroatoms. The minimum atomic E-state index is -0.743. The summed E-state index contributed by atoms with van der Waals surface area (Å²) in [4.78, 5) is 23.0. The van der Waals surface area contributed by atoms with Gasteiger partial charge in [-0.25, -0.2) is 4.79 Å². The zero-order valence-corrected chi connectivity index (χ0v) is 14.0. The number of hydrogen-bond acceptors (Lipinski definition) is 4. The fourth-order valence-electron chi connectivity index (χ4n) is 2.24. The first kappa shape index (κ1) is 18.2. The van der Waals surface area contributed by atoms with Gasteiger partial charge in [0.1, 0.15) is 0 Å². The van der Waals surface area contributed by atoms with Crippen molar-refractivity contribution in [2.75, 3.05) is 7.11 Å². The maximum absolute atomic E-state index is 11.9. The predicted octanol–water partition coefficient (Wildman–Crippen LogP) is 2.81. The number of rotatable bonds is 6. The molecule has 1 aromatic rings. The predicted molar refractivity (Wildman–Crippen MR) is 86.5 cm³/mol. The average molecular weight is 306 g/mol. The number of aryl methyl sites for hydroxylation is 1. The van der Waals surface area contributed by atoms with E-state index >= 15 is 0 Å². The number of imide groups is 1. The highest BCUT2D eigenvalue weighted by Gasteiger charge is 2.23. The summed E-state index contributed by atoms with van der Waals surface area (Å²) in [6.45, 7) is 8.03. The van der Waals surface area contributed by atoms with E-state index in [2.05, 4.69) is 60.4 Å². The van der Waals surface area contributed by atoms with E-state index in [1.54, 1.807) is 6.92 Å².